The summed E-state index contributed by atoms with van der Waals surface area (Å²) in [4.78, 5) is 27.6. The number of likely N-dealkylation sites (tertiary alicyclic amines) is 1. The second-order valence-electron chi connectivity index (χ2n) is 7.69. The van der Waals surface area contributed by atoms with Crippen LogP contribution in [-0.4, -0.2) is 40.5 Å². The number of phenolic OH excluding ortho intramolecular Hbond substituents is 1. The largest absolute Gasteiger partial charge is 0.508 e. The average molecular weight is 464 g/mol. The van der Waals surface area contributed by atoms with Crippen LogP contribution < -0.4 is 4.74 Å². The fourth-order valence-electron chi connectivity index (χ4n) is 3.94. The second kappa shape index (κ2) is 9.38. The number of phenols is 1. The zero-order valence-electron chi connectivity index (χ0n) is 17.9. The molecule has 6 nitrogen and oxygen atoms in total. The van der Waals surface area contributed by atoms with Gasteiger partial charge in [-0.3, -0.25) is 9.59 Å². The first-order chi connectivity index (χ1) is 15.9. The van der Waals surface area contributed by atoms with E-state index in [-0.39, 0.29) is 23.6 Å². The number of Topliss-reactive ketones (excluding diaryl/α,β-unsaturated/α-hetero) is 1. The number of aliphatic hydroxyl groups is 1. The Bertz CT molecular complexity index is 1220. The van der Waals surface area contributed by atoms with Gasteiger partial charge in [0, 0.05) is 17.1 Å². The molecule has 1 amide bonds. The molecule has 0 aromatic heterocycles. The van der Waals surface area contributed by atoms with E-state index in [1.54, 1.807) is 48.5 Å². The molecule has 1 aliphatic rings. The number of halogens is 1. The van der Waals surface area contributed by atoms with Crippen LogP contribution in [0.15, 0.2) is 78.4 Å². The van der Waals surface area contributed by atoms with Crippen LogP contribution in [-0.2, 0) is 16.0 Å². The van der Waals surface area contributed by atoms with Crippen molar-refractivity contribution in [2.75, 3.05) is 13.7 Å². The van der Waals surface area contributed by atoms with E-state index in [9.17, 15) is 19.8 Å². The highest BCUT2D eigenvalue weighted by Gasteiger charge is 2.45. The molecule has 3 aromatic rings. The van der Waals surface area contributed by atoms with Gasteiger partial charge in [-0.2, -0.15) is 0 Å². The molecular formula is C26H22ClNO5. The number of carbonyl (C=O) groups excluding carboxylic acids is 2. The first kappa shape index (κ1) is 22.4. The van der Waals surface area contributed by atoms with Crippen molar-refractivity contribution in [3.8, 4) is 11.5 Å². The number of methoxy groups -OCH3 is 1. The number of aliphatic hydroxyl groups excluding tert-OH is 1. The molecule has 1 unspecified atom stereocenters. The highest BCUT2D eigenvalue weighted by atomic mass is 35.5. The molecule has 0 saturated carbocycles. The molecule has 1 atom stereocenters. The van der Waals surface area contributed by atoms with E-state index in [4.69, 9.17) is 16.3 Å². The Labute approximate surface area is 196 Å². The maximum atomic E-state index is 13.1. The molecule has 33 heavy (non-hydrogen) atoms. The minimum atomic E-state index is -0.802. The lowest BCUT2D eigenvalue weighted by Gasteiger charge is -2.25. The van der Waals surface area contributed by atoms with Crippen LogP contribution in [0.5, 0.6) is 11.5 Å². The van der Waals surface area contributed by atoms with E-state index < -0.39 is 17.7 Å². The van der Waals surface area contributed by atoms with Gasteiger partial charge in [0.15, 0.2) is 0 Å². The molecule has 1 saturated heterocycles. The van der Waals surface area contributed by atoms with Crippen LogP contribution in [0, 0.1) is 0 Å². The van der Waals surface area contributed by atoms with Gasteiger partial charge in [-0.1, -0.05) is 48.0 Å². The third-order valence-corrected chi connectivity index (χ3v) is 5.90. The van der Waals surface area contributed by atoms with Crippen LogP contribution in [0.3, 0.4) is 0 Å². The summed E-state index contributed by atoms with van der Waals surface area (Å²) in [7, 11) is 1.51. The number of hydrogen-bond donors (Lipinski definition) is 2. The number of amides is 1. The molecule has 1 aliphatic heterocycles. The first-order valence-electron chi connectivity index (χ1n) is 10.3. The van der Waals surface area contributed by atoms with Gasteiger partial charge in [0.1, 0.15) is 17.3 Å². The topological polar surface area (TPSA) is 87.1 Å². The van der Waals surface area contributed by atoms with E-state index in [0.717, 1.165) is 5.56 Å². The summed E-state index contributed by atoms with van der Waals surface area (Å²) < 4.78 is 5.22. The molecule has 0 spiro atoms. The van der Waals surface area contributed by atoms with Crippen molar-refractivity contribution in [2.24, 2.45) is 0 Å². The third-order valence-electron chi connectivity index (χ3n) is 5.65. The highest BCUT2D eigenvalue weighted by Crippen LogP contribution is 2.40. The Kier molecular flexibility index (Phi) is 6.38. The number of ether oxygens (including phenoxy) is 1. The van der Waals surface area contributed by atoms with E-state index in [0.29, 0.717) is 28.3 Å². The van der Waals surface area contributed by atoms with E-state index in [2.05, 4.69) is 0 Å². The Morgan fingerprint density at radius 3 is 2.39 bits per heavy atom. The summed E-state index contributed by atoms with van der Waals surface area (Å²) in [6.45, 7) is 0.257. The van der Waals surface area contributed by atoms with Gasteiger partial charge < -0.3 is 19.8 Å². The number of aromatic hydroxyl groups is 1. The van der Waals surface area contributed by atoms with Gasteiger partial charge in [0.05, 0.1) is 18.7 Å². The number of nitrogens with zero attached hydrogens (tertiary/aromatic N) is 1. The third kappa shape index (κ3) is 4.56. The summed E-state index contributed by atoms with van der Waals surface area (Å²) in [5, 5.41) is 21.4. The van der Waals surface area contributed by atoms with E-state index in [1.807, 2.05) is 12.1 Å². The maximum Gasteiger partial charge on any atom is 0.295 e. The van der Waals surface area contributed by atoms with Crippen molar-refractivity contribution in [2.45, 2.75) is 12.5 Å². The lowest BCUT2D eigenvalue weighted by Crippen LogP contribution is -2.31. The van der Waals surface area contributed by atoms with Crippen LogP contribution in [0.25, 0.3) is 5.76 Å². The van der Waals surface area contributed by atoms with Crippen molar-refractivity contribution in [1.29, 1.82) is 0 Å². The zero-order valence-corrected chi connectivity index (χ0v) is 18.6. The Balaban J connectivity index is 1.77. The molecule has 0 bridgehead atoms. The zero-order chi connectivity index (χ0) is 23.5. The standard InChI is InChI=1S/C26H22ClNO5/c1-33-21-4-2-3-18(15-21)24(30)22-23(17-7-11-20(29)12-8-17)28(26(32)25(22)31)14-13-16-5-9-19(27)10-6-16/h2-12,15,23,29-30H,13-14H2,1H3/b24-22-. The van der Waals surface area contributed by atoms with Gasteiger partial charge >= 0.3 is 0 Å². The molecule has 7 heteroatoms. The molecule has 2 N–H and O–H groups in total. The van der Waals surface area contributed by atoms with Gasteiger partial charge in [-0.05, 0) is 53.9 Å². The number of ketones is 1. The summed E-state index contributed by atoms with van der Waals surface area (Å²) >= 11 is 5.96. The predicted molar refractivity (Wildman–Crippen MR) is 125 cm³/mol. The van der Waals surface area contributed by atoms with E-state index in [1.165, 1.54) is 24.1 Å². The monoisotopic (exact) mass is 463 g/mol. The second-order valence-corrected chi connectivity index (χ2v) is 8.13. The summed E-state index contributed by atoms with van der Waals surface area (Å²) in [6.07, 6.45) is 0.498. The number of rotatable bonds is 6. The van der Waals surface area contributed by atoms with Crippen molar-refractivity contribution < 1.29 is 24.5 Å². The van der Waals surface area contributed by atoms with Gasteiger partial charge in [0.2, 0.25) is 0 Å². The highest BCUT2D eigenvalue weighted by molar-refractivity contribution is 6.46. The fraction of sp³-hybridized carbons (Fsp3) is 0.154. The Morgan fingerprint density at radius 1 is 1.03 bits per heavy atom. The van der Waals surface area contributed by atoms with Gasteiger partial charge in [-0.25, -0.2) is 0 Å². The van der Waals surface area contributed by atoms with Crippen LogP contribution in [0.1, 0.15) is 22.7 Å². The normalized spacial score (nSPS) is 17.4. The molecule has 1 fully saturated rings. The van der Waals surface area contributed by atoms with E-state index >= 15 is 0 Å². The molecule has 0 radical (unpaired) electrons. The van der Waals surface area contributed by atoms with Crippen molar-refractivity contribution in [1.82, 2.24) is 4.90 Å². The molecule has 4 rings (SSSR count). The van der Waals surface area contributed by atoms with Crippen LogP contribution >= 0.6 is 11.6 Å². The fourth-order valence-corrected chi connectivity index (χ4v) is 4.07. The maximum absolute atomic E-state index is 13.1. The van der Waals surface area contributed by atoms with Crippen molar-refractivity contribution >= 4 is 29.1 Å². The minimum Gasteiger partial charge on any atom is -0.508 e. The smallest absolute Gasteiger partial charge is 0.295 e. The molecule has 0 aliphatic carbocycles. The SMILES string of the molecule is COc1cccc(/C(O)=C2/C(=O)C(=O)N(CCc3ccc(Cl)cc3)C2c2ccc(O)cc2)c1. The predicted octanol–water partition coefficient (Wildman–Crippen LogP) is 4.72. The number of carbonyl (C=O) groups is 2. The lowest BCUT2D eigenvalue weighted by atomic mass is 9.95. The minimum absolute atomic E-state index is 0.00458. The molecule has 3 aromatic carbocycles. The average Bonchev–Trinajstić information content (AvgIpc) is 3.08. The quantitative estimate of drug-likeness (QED) is 0.314. The molecule has 168 valence electrons. The van der Waals surface area contributed by atoms with Crippen LogP contribution in [0.4, 0.5) is 0 Å². The molecular weight excluding hydrogens is 442 g/mol. The van der Waals surface area contributed by atoms with Crippen molar-refractivity contribution in [3.05, 3.63) is 100 Å². The first-order valence-corrected chi connectivity index (χ1v) is 10.7. The number of hydrogen-bond acceptors (Lipinski definition) is 5. The van der Waals surface area contributed by atoms with Crippen LogP contribution in [0.2, 0.25) is 5.02 Å². The molecule has 1 heterocycles. The summed E-state index contributed by atoms with van der Waals surface area (Å²) in [5.74, 6) is -1.16. The van der Waals surface area contributed by atoms with Gasteiger partial charge in [-0.15, -0.1) is 0 Å². The van der Waals surface area contributed by atoms with Crippen molar-refractivity contribution in [3.63, 3.8) is 0 Å². The Hall–Kier alpha value is -3.77. The van der Waals surface area contributed by atoms with Gasteiger partial charge in [0.25, 0.3) is 11.7 Å². The summed E-state index contributed by atoms with van der Waals surface area (Å²) in [6, 6.07) is 19.4. The Morgan fingerprint density at radius 2 is 1.73 bits per heavy atom. The summed E-state index contributed by atoms with van der Waals surface area (Å²) in [5.41, 5.74) is 1.93. The number of benzene rings is 3. The lowest BCUT2D eigenvalue weighted by molar-refractivity contribution is -0.139.